The summed E-state index contributed by atoms with van der Waals surface area (Å²) in [5.41, 5.74) is 3.03. The highest BCUT2D eigenvalue weighted by Gasteiger charge is 2.72. The quantitative estimate of drug-likeness (QED) is 0.532. The molecule has 37 heavy (non-hydrogen) atoms. The third kappa shape index (κ3) is 3.64. The van der Waals surface area contributed by atoms with Crippen molar-refractivity contribution in [2.24, 2.45) is 17.3 Å². The average molecular weight is 515 g/mol. The predicted molar refractivity (Wildman–Crippen MR) is 137 cm³/mol. The number of piperidine rings is 1. The number of rotatable bonds is 4. The highest BCUT2D eigenvalue weighted by Crippen LogP contribution is 2.63. The Morgan fingerprint density at radius 3 is 2.59 bits per heavy atom. The minimum absolute atomic E-state index is 0.103. The molecule has 0 aromatic carbocycles. The van der Waals surface area contributed by atoms with Crippen LogP contribution in [0, 0.1) is 35.5 Å². The van der Waals surface area contributed by atoms with E-state index < -0.39 is 0 Å². The van der Waals surface area contributed by atoms with Crippen LogP contribution in [0.25, 0.3) is 21.5 Å². The lowest BCUT2D eigenvalue weighted by atomic mass is 9.99. The number of piperazine rings is 1. The summed E-state index contributed by atoms with van der Waals surface area (Å²) in [6.07, 6.45) is 1.66. The van der Waals surface area contributed by atoms with Gasteiger partial charge in [0.05, 0.1) is 39.9 Å². The molecule has 188 valence electrons. The van der Waals surface area contributed by atoms with Crippen LogP contribution in [0.4, 0.5) is 0 Å². The number of nitriles is 1. The number of pyridine rings is 2. The van der Waals surface area contributed by atoms with Crippen molar-refractivity contribution in [3.8, 4) is 17.3 Å². The molecule has 10 heteroatoms. The third-order valence-corrected chi connectivity index (χ3v) is 9.02. The molecule has 6 rings (SSSR count). The molecule has 2 unspecified atom stereocenters. The normalized spacial score (nSPS) is 22.3. The van der Waals surface area contributed by atoms with E-state index >= 15 is 0 Å². The lowest BCUT2D eigenvalue weighted by Crippen LogP contribution is -2.46. The van der Waals surface area contributed by atoms with E-state index in [0.717, 1.165) is 22.7 Å². The Bertz CT molecular complexity index is 1510. The number of carbonyl (C=O) groups is 3. The molecule has 1 aliphatic carbocycles. The Kier molecular flexibility index (Phi) is 5.40. The van der Waals surface area contributed by atoms with Gasteiger partial charge in [0.2, 0.25) is 11.8 Å². The SMILES string of the molecule is Cc1cc(C#N)nc(-c2ccnc3cc(CN4C(=O)C5C(C4=O)C5(C)C)sc23)c1C(=O)N1CCNCC1. The molecule has 3 aromatic heterocycles. The fourth-order valence-corrected chi connectivity index (χ4v) is 6.91. The van der Waals surface area contributed by atoms with Crippen molar-refractivity contribution in [2.75, 3.05) is 26.2 Å². The van der Waals surface area contributed by atoms with E-state index in [-0.39, 0.29) is 47.2 Å². The number of imide groups is 1. The zero-order valence-corrected chi connectivity index (χ0v) is 21.7. The number of amides is 3. The highest BCUT2D eigenvalue weighted by molar-refractivity contribution is 7.19. The number of aryl methyl sites for hydroxylation is 1. The maximum absolute atomic E-state index is 13.6. The number of nitrogens with zero attached hydrogens (tertiary/aromatic N) is 5. The summed E-state index contributed by atoms with van der Waals surface area (Å²) in [7, 11) is 0. The lowest BCUT2D eigenvalue weighted by molar-refractivity contribution is -0.143. The van der Waals surface area contributed by atoms with Gasteiger partial charge in [-0.2, -0.15) is 5.26 Å². The molecule has 3 aromatic rings. The number of likely N-dealkylation sites (tertiary alicyclic amines) is 1. The second kappa shape index (κ2) is 8.43. The first-order valence-corrected chi connectivity index (χ1v) is 13.2. The van der Waals surface area contributed by atoms with E-state index in [4.69, 9.17) is 0 Å². The molecule has 2 atom stereocenters. The molecule has 5 heterocycles. The molecule has 2 aliphatic heterocycles. The van der Waals surface area contributed by atoms with Crippen molar-refractivity contribution in [3.05, 3.63) is 46.1 Å². The molecule has 0 bridgehead atoms. The molecule has 3 aliphatic rings. The molecular weight excluding hydrogens is 488 g/mol. The van der Waals surface area contributed by atoms with E-state index in [1.165, 1.54) is 16.2 Å². The van der Waals surface area contributed by atoms with Gasteiger partial charge >= 0.3 is 0 Å². The lowest BCUT2D eigenvalue weighted by Gasteiger charge is -2.28. The smallest absolute Gasteiger partial charge is 0.256 e. The Morgan fingerprint density at radius 1 is 1.22 bits per heavy atom. The van der Waals surface area contributed by atoms with Gasteiger partial charge in [-0.25, -0.2) is 4.98 Å². The highest BCUT2D eigenvalue weighted by atomic mass is 32.1. The molecule has 1 N–H and O–H groups in total. The number of hydrogen-bond acceptors (Lipinski definition) is 8. The van der Waals surface area contributed by atoms with Gasteiger partial charge < -0.3 is 10.2 Å². The van der Waals surface area contributed by atoms with Crippen LogP contribution < -0.4 is 5.32 Å². The van der Waals surface area contributed by atoms with Gasteiger partial charge in [0.25, 0.3) is 5.91 Å². The number of nitrogens with one attached hydrogen (secondary N) is 1. The molecule has 9 nitrogen and oxygen atoms in total. The monoisotopic (exact) mass is 514 g/mol. The van der Waals surface area contributed by atoms with Crippen LogP contribution >= 0.6 is 11.3 Å². The van der Waals surface area contributed by atoms with Crippen LogP contribution in [0.2, 0.25) is 0 Å². The van der Waals surface area contributed by atoms with Crippen LogP contribution in [0.3, 0.4) is 0 Å². The van der Waals surface area contributed by atoms with Gasteiger partial charge in [-0.3, -0.25) is 24.3 Å². The fraction of sp³-hybridized carbons (Fsp3) is 0.407. The molecule has 3 amide bonds. The maximum Gasteiger partial charge on any atom is 0.256 e. The van der Waals surface area contributed by atoms with Gasteiger partial charge in [0, 0.05) is 42.8 Å². The molecule has 3 fully saturated rings. The summed E-state index contributed by atoms with van der Waals surface area (Å²) in [5, 5.41) is 12.9. The number of fused-ring (bicyclic) bond motifs is 2. The zero-order chi connectivity index (χ0) is 26.1. The first kappa shape index (κ1) is 23.7. The molecule has 0 spiro atoms. The van der Waals surface area contributed by atoms with E-state index in [2.05, 4.69) is 21.4 Å². The Balaban J connectivity index is 1.40. The van der Waals surface area contributed by atoms with Gasteiger partial charge in [-0.15, -0.1) is 11.3 Å². The van der Waals surface area contributed by atoms with Crippen LogP contribution in [0.15, 0.2) is 24.4 Å². The third-order valence-electron chi connectivity index (χ3n) is 7.87. The van der Waals surface area contributed by atoms with Gasteiger partial charge in [0.1, 0.15) is 11.8 Å². The number of thiophene rings is 1. The molecule has 0 radical (unpaired) electrons. The summed E-state index contributed by atoms with van der Waals surface area (Å²) in [4.78, 5) is 52.5. The number of aromatic nitrogens is 2. The van der Waals surface area contributed by atoms with E-state index in [9.17, 15) is 19.6 Å². The second-order valence-corrected chi connectivity index (χ2v) is 11.7. The summed E-state index contributed by atoms with van der Waals surface area (Å²) in [6, 6.07) is 7.45. The van der Waals surface area contributed by atoms with Crippen LogP contribution in [-0.2, 0) is 16.1 Å². The minimum atomic E-state index is -0.248. The Morgan fingerprint density at radius 2 is 1.92 bits per heavy atom. The van der Waals surface area contributed by atoms with Crippen LogP contribution in [-0.4, -0.2) is 63.7 Å². The Hall–Kier alpha value is -3.68. The summed E-state index contributed by atoms with van der Waals surface area (Å²) < 4.78 is 0.804. The van der Waals surface area contributed by atoms with Crippen molar-refractivity contribution in [2.45, 2.75) is 27.3 Å². The molecule has 1 saturated carbocycles. The van der Waals surface area contributed by atoms with E-state index in [1.807, 2.05) is 37.8 Å². The summed E-state index contributed by atoms with van der Waals surface area (Å²) >= 11 is 1.43. The van der Waals surface area contributed by atoms with E-state index in [0.29, 0.717) is 41.0 Å². The fourth-order valence-electron chi connectivity index (χ4n) is 5.79. The van der Waals surface area contributed by atoms with Gasteiger partial charge in [0.15, 0.2) is 0 Å². The van der Waals surface area contributed by atoms with Crippen molar-refractivity contribution < 1.29 is 14.4 Å². The number of carbonyl (C=O) groups excluding carboxylic acids is 3. The summed E-state index contributed by atoms with van der Waals surface area (Å²) in [6.45, 7) is 8.63. The number of hydrogen-bond donors (Lipinski definition) is 1. The molecular formula is C27H26N6O3S. The van der Waals surface area contributed by atoms with E-state index in [1.54, 1.807) is 12.3 Å². The topological polar surface area (TPSA) is 119 Å². The van der Waals surface area contributed by atoms with Gasteiger partial charge in [-0.05, 0) is 36.1 Å². The standard InChI is InChI=1S/C27H26N6O3S/c1-14-10-15(12-28)31-22(19(14)24(34)32-8-6-29-7-9-32)17-4-5-30-18-11-16(37-23(17)18)13-33-25(35)20-21(26(33)36)27(20,2)3/h4-5,10-11,20-21,29H,6-9,13H2,1-3H3. The van der Waals surface area contributed by atoms with Crippen molar-refractivity contribution >= 4 is 39.3 Å². The first-order valence-electron chi connectivity index (χ1n) is 12.4. The zero-order valence-electron chi connectivity index (χ0n) is 20.9. The maximum atomic E-state index is 13.6. The Labute approximate surface area is 218 Å². The van der Waals surface area contributed by atoms with Crippen molar-refractivity contribution in [3.63, 3.8) is 0 Å². The first-order chi connectivity index (χ1) is 17.7. The largest absolute Gasteiger partial charge is 0.336 e. The van der Waals surface area contributed by atoms with Crippen molar-refractivity contribution in [1.29, 1.82) is 5.26 Å². The molecule has 2 saturated heterocycles. The predicted octanol–water partition coefficient (Wildman–Crippen LogP) is 2.72. The van der Waals surface area contributed by atoms with Crippen molar-refractivity contribution in [1.82, 2.24) is 25.1 Å². The minimum Gasteiger partial charge on any atom is -0.336 e. The van der Waals surface area contributed by atoms with Crippen LogP contribution in [0.5, 0.6) is 0 Å². The second-order valence-electron chi connectivity index (χ2n) is 10.5. The van der Waals surface area contributed by atoms with Crippen LogP contribution in [0.1, 0.15) is 40.3 Å². The summed E-state index contributed by atoms with van der Waals surface area (Å²) in [5.74, 6) is -0.755. The average Bonchev–Trinajstić information content (AvgIpc) is 3.13. The van der Waals surface area contributed by atoms with Gasteiger partial charge in [-0.1, -0.05) is 13.8 Å².